The van der Waals surface area contributed by atoms with E-state index in [0.717, 1.165) is 44.9 Å². The van der Waals surface area contributed by atoms with E-state index in [1.165, 1.54) is 327 Å². The maximum Gasteiger partial charge on any atom is 0.305 e. The molecule has 0 aromatic rings. The summed E-state index contributed by atoms with van der Waals surface area (Å²) in [6, 6.07) is -0.629. The molecule has 0 fully saturated rings. The van der Waals surface area contributed by atoms with Crippen molar-refractivity contribution < 1.29 is 24.5 Å². The SMILES string of the molecule is CCCCCCCC/C=C\CCCCCCCCCC(=O)OCCCCCCCCCCCCCC/C=C\CCCCCCCCCCCCCC(=O)NC(CO)C(O)/C=C/CCCCCCCCCCCCCCCCCCC. The van der Waals surface area contributed by atoms with Gasteiger partial charge in [-0.05, 0) is 83.5 Å². The molecule has 0 radical (unpaired) electrons. The van der Waals surface area contributed by atoms with E-state index in [0.29, 0.717) is 19.4 Å². The first-order valence-electron chi connectivity index (χ1n) is 36.3. The van der Waals surface area contributed by atoms with Crippen molar-refractivity contribution >= 4 is 11.9 Å². The number of aliphatic hydroxyl groups excluding tert-OH is 2. The molecule has 0 aromatic carbocycles. The highest BCUT2D eigenvalue weighted by Crippen LogP contribution is 2.18. The van der Waals surface area contributed by atoms with Crippen LogP contribution in [0, 0.1) is 0 Å². The van der Waals surface area contributed by atoms with Gasteiger partial charge in [-0.2, -0.15) is 0 Å². The molecule has 0 bridgehead atoms. The van der Waals surface area contributed by atoms with Gasteiger partial charge in [0.15, 0.2) is 0 Å². The molecule has 2 unspecified atom stereocenters. The molecule has 2 atom stereocenters. The first kappa shape index (κ1) is 78.1. The lowest BCUT2D eigenvalue weighted by Crippen LogP contribution is -2.45. The van der Waals surface area contributed by atoms with Crippen LogP contribution in [0.25, 0.3) is 0 Å². The Morgan fingerprint density at radius 2 is 0.588 bits per heavy atom. The molecule has 0 aliphatic rings. The Kier molecular flexibility index (Phi) is 67.9. The molecule has 0 aliphatic carbocycles. The lowest BCUT2D eigenvalue weighted by Gasteiger charge is -2.20. The predicted molar refractivity (Wildman–Crippen MR) is 352 cm³/mol. The first-order valence-corrected chi connectivity index (χ1v) is 36.3. The number of hydrogen-bond donors (Lipinski definition) is 3. The average molecular weight is 1120 g/mol. The van der Waals surface area contributed by atoms with Gasteiger partial charge in [-0.15, -0.1) is 0 Å². The maximum absolute atomic E-state index is 12.5. The molecule has 6 heteroatoms. The zero-order chi connectivity index (χ0) is 57.8. The molecule has 1 amide bonds. The Morgan fingerprint density at radius 1 is 0.338 bits per heavy atom. The van der Waals surface area contributed by atoms with Crippen LogP contribution in [0.1, 0.15) is 399 Å². The van der Waals surface area contributed by atoms with E-state index in [2.05, 4.69) is 43.5 Å². The van der Waals surface area contributed by atoms with E-state index in [9.17, 15) is 19.8 Å². The minimum atomic E-state index is -0.846. The zero-order valence-electron chi connectivity index (χ0n) is 54.1. The number of ether oxygens (including phenoxy) is 1. The normalized spacial score (nSPS) is 12.7. The summed E-state index contributed by atoms with van der Waals surface area (Å²) in [5.74, 6) is -0.0536. The van der Waals surface area contributed by atoms with Crippen LogP contribution in [0.3, 0.4) is 0 Å². The molecule has 80 heavy (non-hydrogen) atoms. The first-order chi connectivity index (χ1) is 39.5. The van der Waals surface area contributed by atoms with Crippen LogP contribution in [0.2, 0.25) is 0 Å². The fraction of sp³-hybridized carbons (Fsp3) is 0.892. The van der Waals surface area contributed by atoms with Gasteiger partial charge in [0.25, 0.3) is 0 Å². The Labute approximate surface area is 500 Å². The fourth-order valence-electron chi connectivity index (χ4n) is 11.3. The number of unbranched alkanes of at least 4 members (excludes halogenated alkanes) is 53. The zero-order valence-corrected chi connectivity index (χ0v) is 54.1. The van der Waals surface area contributed by atoms with Crippen LogP contribution >= 0.6 is 0 Å². The summed E-state index contributed by atoms with van der Waals surface area (Å²) in [4.78, 5) is 24.6. The quantitative estimate of drug-likeness (QED) is 0.0320. The van der Waals surface area contributed by atoms with E-state index < -0.39 is 12.1 Å². The van der Waals surface area contributed by atoms with Crippen molar-refractivity contribution in [3.63, 3.8) is 0 Å². The number of hydrogen-bond acceptors (Lipinski definition) is 5. The fourth-order valence-corrected chi connectivity index (χ4v) is 11.3. The number of carbonyl (C=O) groups excluding carboxylic acids is 2. The van der Waals surface area contributed by atoms with Crippen molar-refractivity contribution in [2.75, 3.05) is 13.2 Å². The van der Waals surface area contributed by atoms with E-state index >= 15 is 0 Å². The highest BCUT2D eigenvalue weighted by molar-refractivity contribution is 5.76. The van der Waals surface area contributed by atoms with Gasteiger partial charge in [0.2, 0.25) is 5.91 Å². The van der Waals surface area contributed by atoms with Gasteiger partial charge in [-0.3, -0.25) is 9.59 Å². The summed E-state index contributed by atoms with van der Waals surface area (Å²) < 4.78 is 5.50. The van der Waals surface area contributed by atoms with Gasteiger partial charge in [-0.1, -0.05) is 339 Å². The summed E-state index contributed by atoms with van der Waals surface area (Å²) in [6.45, 7) is 4.93. The molecular formula is C74H141NO5. The largest absolute Gasteiger partial charge is 0.466 e. The Bertz CT molecular complexity index is 1300. The molecule has 472 valence electrons. The minimum absolute atomic E-state index is 0.0119. The standard InChI is InChI=1S/C74H141NO5/c1-3-5-7-9-11-13-15-17-19-21-31-35-38-42-46-50-54-58-62-66-72(77)71(70-76)75-73(78)67-63-59-55-51-47-43-39-36-32-29-27-25-23-22-24-26-28-30-33-37-41-45-49-53-57-61-65-69-80-74(79)68-64-60-56-52-48-44-40-34-20-18-16-14-12-10-8-6-4-2/h18,20,22-23,62,66,71-72,76-77H,3-17,19,21,24-61,63-65,67-70H2,1-2H3,(H,75,78)/b20-18-,23-22-,66-62+. The van der Waals surface area contributed by atoms with Crippen LogP contribution in [0.15, 0.2) is 36.5 Å². The lowest BCUT2D eigenvalue weighted by atomic mass is 10.0. The Balaban J connectivity index is 3.40. The molecule has 3 N–H and O–H groups in total. The van der Waals surface area contributed by atoms with Gasteiger partial charge < -0.3 is 20.3 Å². The monoisotopic (exact) mass is 1120 g/mol. The topological polar surface area (TPSA) is 95.9 Å². The second kappa shape index (κ2) is 69.6. The molecule has 0 heterocycles. The van der Waals surface area contributed by atoms with Crippen molar-refractivity contribution in [2.24, 2.45) is 0 Å². The summed E-state index contributed by atoms with van der Waals surface area (Å²) in [5, 5.41) is 23.2. The number of nitrogens with one attached hydrogen (secondary N) is 1. The summed E-state index contributed by atoms with van der Waals surface area (Å²) in [7, 11) is 0. The summed E-state index contributed by atoms with van der Waals surface area (Å²) >= 11 is 0. The van der Waals surface area contributed by atoms with Gasteiger partial charge in [0.05, 0.1) is 25.4 Å². The second-order valence-electron chi connectivity index (χ2n) is 24.9. The minimum Gasteiger partial charge on any atom is -0.466 e. The van der Waals surface area contributed by atoms with Gasteiger partial charge in [0, 0.05) is 12.8 Å². The molecular weight excluding hydrogens is 983 g/mol. The van der Waals surface area contributed by atoms with Crippen LogP contribution < -0.4 is 5.32 Å². The summed E-state index contributed by atoms with van der Waals surface area (Å²) in [6.07, 6.45) is 89.4. The summed E-state index contributed by atoms with van der Waals surface area (Å²) in [5.41, 5.74) is 0. The highest BCUT2D eigenvalue weighted by atomic mass is 16.5. The second-order valence-corrected chi connectivity index (χ2v) is 24.9. The van der Waals surface area contributed by atoms with Gasteiger partial charge >= 0.3 is 5.97 Å². The van der Waals surface area contributed by atoms with E-state index in [1.807, 2.05) is 6.08 Å². The molecule has 0 spiro atoms. The Morgan fingerprint density at radius 3 is 0.887 bits per heavy atom. The van der Waals surface area contributed by atoms with Crippen LogP contribution in [0.4, 0.5) is 0 Å². The molecule has 6 nitrogen and oxygen atoms in total. The van der Waals surface area contributed by atoms with Crippen molar-refractivity contribution in [1.29, 1.82) is 0 Å². The van der Waals surface area contributed by atoms with Crippen molar-refractivity contribution in [1.82, 2.24) is 5.32 Å². The average Bonchev–Trinajstić information content (AvgIpc) is 3.46. The third-order valence-electron chi connectivity index (χ3n) is 16.9. The number of esters is 1. The number of amides is 1. The number of carbonyl (C=O) groups is 2. The number of aliphatic hydroxyl groups is 2. The maximum atomic E-state index is 12.5. The van der Waals surface area contributed by atoms with Gasteiger partial charge in [0.1, 0.15) is 0 Å². The van der Waals surface area contributed by atoms with Crippen molar-refractivity contribution in [3.8, 4) is 0 Å². The Hall–Kier alpha value is -1.92. The third kappa shape index (κ3) is 65.2. The van der Waals surface area contributed by atoms with E-state index in [4.69, 9.17) is 4.74 Å². The number of rotatable bonds is 68. The van der Waals surface area contributed by atoms with E-state index in [1.54, 1.807) is 6.08 Å². The molecule has 0 saturated carbocycles. The van der Waals surface area contributed by atoms with Crippen LogP contribution in [-0.2, 0) is 14.3 Å². The lowest BCUT2D eigenvalue weighted by molar-refractivity contribution is -0.143. The highest BCUT2D eigenvalue weighted by Gasteiger charge is 2.18. The van der Waals surface area contributed by atoms with Crippen LogP contribution in [0.5, 0.6) is 0 Å². The van der Waals surface area contributed by atoms with Crippen LogP contribution in [-0.4, -0.2) is 47.4 Å². The van der Waals surface area contributed by atoms with E-state index in [-0.39, 0.29) is 18.5 Å². The number of allylic oxidation sites excluding steroid dienone is 5. The smallest absolute Gasteiger partial charge is 0.305 e. The van der Waals surface area contributed by atoms with Crippen molar-refractivity contribution in [2.45, 2.75) is 411 Å². The predicted octanol–water partition coefficient (Wildman–Crippen LogP) is 23.5. The molecule has 0 rings (SSSR count). The van der Waals surface area contributed by atoms with Gasteiger partial charge in [-0.25, -0.2) is 0 Å². The third-order valence-corrected chi connectivity index (χ3v) is 16.9. The van der Waals surface area contributed by atoms with Crippen molar-refractivity contribution in [3.05, 3.63) is 36.5 Å². The molecule has 0 aliphatic heterocycles. The molecule has 0 saturated heterocycles. The molecule has 0 aromatic heterocycles.